The summed E-state index contributed by atoms with van der Waals surface area (Å²) in [5, 5.41) is 10.3. The average Bonchev–Trinajstić information content (AvgIpc) is 2.46. The Morgan fingerprint density at radius 1 is 0.857 bits per heavy atom. The first-order valence-electron chi connectivity index (χ1n) is 6.95. The van der Waals surface area contributed by atoms with E-state index < -0.39 is 12.5 Å². The van der Waals surface area contributed by atoms with E-state index in [2.05, 4.69) is 20.8 Å². The van der Waals surface area contributed by atoms with Gasteiger partial charge in [-0.25, -0.2) is 8.78 Å². The van der Waals surface area contributed by atoms with Crippen LogP contribution in [0.1, 0.15) is 55.6 Å². The SMILES string of the molecule is CC(C)(C)c1ccc(C(O)c2cccc(C(F)F)c2)cc1. The monoisotopic (exact) mass is 290 g/mol. The highest BCUT2D eigenvalue weighted by molar-refractivity contribution is 5.35. The van der Waals surface area contributed by atoms with Gasteiger partial charge in [-0.1, -0.05) is 63.2 Å². The van der Waals surface area contributed by atoms with Crippen LogP contribution in [0.2, 0.25) is 0 Å². The summed E-state index contributed by atoms with van der Waals surface area (Å²) in [6, 6.07) is 13.6. The number of hydrogen-bond acceptors (Lipinski definition) is 1. The minimum Gasteiger partial charge on any atom is -0.384 e. The molecule has 2 aromatic carbocycles. The van der Waals surface area contributed by atoms with E-state index in [0.717, 1.165) is 0 Å². The molecule has 0 saturated carbocycles. The second-order valence-corrected chi connectivity index (χ2v) is 6.25. The maximum atomic E-state index is 12.7. The summed E-state index contributed by atoms with van der Waals surface area (Å²) in [7, 11) is 0. The Labute approximate surface area is 124 Å². The van der Waals surface area contributed by atoms with Gasteiger partial charge in [0.05, 0.1) is 0 Å². The molecule has 0 aliphatic rings. The normalized spacial score (nSPS) is 13.5. The maximum absolute atomic E-state index is 12.7. The maximum Gasteiger partial charge on any atom is 0.263 e. The van der Waals surface area contributed by atoms with Crippen LogP contribution in [0, 0.1) is 0 Å². The molecule has 0 saturated heterocycles. The van der Waals surface area contributed by atoms with Crippen molar-refractivity contribution in [2.45, 2.75) is 38.7 Å². The van der Waals surface area contributed by atoms with Crippen molar-refractivity contribution >= 4 is 0 Å². The summed E-state index contributed by atoms with van der Waals surface area (Å²) >= 11 is 0. The molecule has 0 fully saturated rings. The molecule has 0 bridgehead atoms. The predicted molar refractivity (Wildman–Crippen MR) is 80.6 cm³/mol. The molecule has 21 heavy (non-hydrogen) atoms. The first-order chi connectivity index (χ1) is 9.79. The number of aliphatic hydroxyl groups is 1. The minimum absolute atomic E-state index is 0.0407. The molecule has 1 N–H and O–H groups in total. The highest BCUT2D eigenvalue weighted by Crippen LogP contribution is 2.28. The quantitative estimate of drug-likeness (QED) is 0.843. The van der Waals surface area contributed by atoms with Crippen molar-refractivity contribution in [3.8, 4) is 0 Å². The third kappa shape index (κ3) is 3.67. The largest absolute Gasteiger partial charge is 0.384 e. The van der Waals surface area contributed by atoms with E-state index in [9.17, 15) is 13.9 Å². The Morgan fingerprint density at radius 3 is 1.95 bits per heavy atom. The Balaban J connectivity index is 2.27. The molecule has 0 radical (unpaired) electrons. The van der Waals surface area contributed by atoms with Crippen molar-refractivity contribution in [2.24, 2.45) is 0 Å². The fourth-order valence-corrected chi connectivity index (χ4v) is 2.22. The van der Waals surface area contributed by atoms with Crippen LogP contribution in [0.15, 0.2) is 48.5 Å². The summed E-state index contributed by atoms with van der Waals surface area (Å²) in [5.74, 6) is 0. The summed E-state index contributed by atoms with van der Waals surface area (Å²) in [4.78, 5) is 0. The Kier molecular flexibility index (Phi) is 4.43. The molecule has 1 unspecified atom stereocenters. The lowest BCUT2D eigenvalue weighted by atomic mass is 9.86. The highest BCUT2D eigenvalue weighted by Gasteiger charge is 2.16. The standard InChI is InChI=1S/C18H20F2O/c1-18(2,3)15-9-7-12(8-10-15)16(21)13-5-4-6-14(11-13)17(19)20/h4-11,16-17,21H,1-3H3. The van der Waals surface area contributed by atoms with Crippen LogP contribution in [0.3, 0.4) is 0 Å². The third-order valence-electron chi connectivity index (χ3n) is 3.57. The van der Waals surface area contributed by atoms with E-state index in [0.29, 0.717) is 11.1 Å². The molecule has 0 heterocycles. The fourth-order valence-electron chi connectivity index (χ4n) is 2.22. The number of hydrogen-bond donors (Lipinski definition) is 1. The van der Waals surface area contributed by atoms with Crippen molar-refractivity contribution in [1.82, 2.24) is 0 Å². The van der Waals surface area contributed by atoms with Crippen LogP contribution < -0.4 is 0 Å². The second kappa shape index (κ2) is 5.94. The fraction of sp³-hybridized carbons (Fsp3) is 0.333. The van der Waals surface area contributed by atoms with Gasteiger partial charge in [-0.05, 0) is 28.2 Å². The van der Waals surface area contributed by atoms with Crippen LogP contribution in [-0.4, -0.2) is 5.11 Å². The molecule has 3 heteroatoms. The Bertz CT molecular complexity index is 597. The lowest BCUT2D eigenvalue weighted by Crippen LogP contribution is -2.11. The third-order valence-corrected chi connectivity index (χ3v) is 3.57. The molecule has 0 amide bonds. The summed E-state index contributed by atoms with van der Waals surface area (Å²) in [6.07, 6.45) is -3.42. The topological polar surface area (TPSA) is 20.2 Å². The van der Waals surface area contributed by atoms with Gasteiger partial charge in [-0.3, -0.25) is 0 Å². The lowest BCUT2D eigenvalue weighted by molar-refractivity contribution is 0.150. The van der Waals surface area contributed by atoms with E-state index in [1.165, 1.54) is 17.7 Å². The molecule has 2 aromatic rings. The van der Waals surface area contributed by atoms with Gasteiger partial charge >= 0.3 is 0 Å². The summed E-state index contributed by atoms with van der Waals surface area (Å²) in [6.45, 7) is 6.35. The van der Waals surface area contributed by atoms with Gasteiger partial charge in [0.25, 0.3) is 6.43 Å². The number of aliphatic hydroxyl groups excluding tert-OH is 1. The van der Waals surface area contributed by atoms with Crippen LogP contribution in [0.5, 0.6) is 0 Å². The zero-order valence-corrected chi connectivity index (χ0v) is 12.5. The zero-order valence-electron chi connectivity index (χ0n) is 12.5. The molecule has 0 aliphatic heterocycles. The van der Waals surface area contributed by atoms with Crippen molar-refractivity contribution in [3.63, 3.8) is 0 Å². The molecule has 2 rings (SSSR count). The van der Waals surface area contributed by atoms with Crippen molar-refractivity contribution in [2.75, 3.05) is 0 Å². The van der Waals surface area contributed by atoms with Gasteiger partial charge < -0.3 is 5.11 Å². The average molecular weight is 290 g/mol. The van der Waals surface area contributed by atoms with Gasteiger partial charge in [-0.15, -0.1) is 0 Å². The Morgan fingerprint density at radius 2 is 1.43 bits per heavy atom. The van der Waals surface area contributed by atoms with E-state index >= 15 is 0 Å². The van der Waals surface area contributed by atoms with Crippen LogP contribution in [0.4, 0.5) is 8.78 Å². The number of benzene rings is 2. The van der Waals surface area contributed by atoms with E-state index in [-0.39, 0.29) is 11.0 Å². The van der Waals surface area contributed by atoms with Gasteiger partial charge in [0.2, 0.25) is 0 Å². The molecule has 0 aliphatic carbocycles. The molecule has 0 aromatic heterocycles. The van der Waals surface area contributed by atoms with Gasteiger partial charge in [0.15, 0.2) is 0 Å². The molecular weight excluding hydrogens is 270 g/mol. The van der Waals surface area contributed by atoms with Crippen LogP contribution >= 0.6 is 0 Å². The van der Waals surface area contributed by atoms with Crippen LogP contribution in [0.25, 0.3) is 0 Å². The molecule has 112 valence electrons. The molecular formula is C18H20F2O. The number of halogens is 2. The van der Waals surface area contributed by atoms with E-state index in [1.54, 1.807) is 12.1 Å². The second-order valence-electron chi connectivity index (χ2n) is 6.25. The van der Waals surface area contributed by atoms with Gasteiger partial charge in [0, 0.05) is 5.56 Å². The first-order valence-corrected chi connectivity index (χ1v) is 6.95. The van der Waals surface area contributed by atoms with E-state index in [4.69, 9.17) is 0 Å². The first kappa shape index (κ1) is 15.6. The Hall–Kier alpha value is -1.74. The van der Waals surface area contributed by atoms with Gasteiger partial charge in [-0.2, -0.15) is 0 Å². The van der Waals surface area contributed by atoms with Crippen molar-refractivity contribution in [1.29, 1.82) is 0 Å². The lowest BCUT2D eigenvalue weighted by Gasteiger charge is -2.20. The molecule has 1 nitrogen and oxygen atoms in total. The molecule has 0 spiro atoms. The predicted octanol–water partition coefficient (Wildman–Crippen LogP) is 5.00. The zero-order chi connectivity index (χ0) is 15.6. The smallest absolute Gasteiger partial charge is 0.263 e. The van der Waals surface area contributed by atoms with Crippen molar-refractivity contribution < 1.29 is 13.9 Å². The number of alkyl halides is 2. The van der Waals surface area contributed by atoms with Crippen LogP contribution in [-0.2, 0) is 5.41 Å². The van der Waals surface area contributed by atoms with Crippen molar-refractivity contribution in [3.05, 3.63) is 70.8 Å². The van der Waals surface area contributed by atoms with E-state index in [1.807, 2.05) is 24.3 Å². The molecule has 1 atom stereocenters. The van der Waals surface area contributed by atoms with Gasteiger partial charge in [0.1, 0.15) is 6.10 Å². The summed E-state index contributed by atoms with van der Waals surface area (Å²) < 4.78 is 25.4. The minimum atomic E-state index is -2.53. The highest BCUT2D eigenvalue weighted by atomic mass is 19.3. The number of rotatable bonds is 3. The summed E-state index contributed by atoms with van der Waals surface area (Å²) in [5.41, 5.74) is 2.32.